The van der Waals surface area contributed by atoms with Crippen LogP contribution in [-0.2, 0) is 6.54 Å². The molecule has 0 atom stereocenters. The summed E-state index contributed by atoms with van der Waals surface area (Å²) in [6, 6.07) is 7.24. The van der Waals surface area contributed by atoms with E-state index in [1.54, 1.807) is 18.3 Å². The van der Waals surface area contributed by atoms with Gasteiger partial charge in [-0.1, -0.05) is 15.9 Å². The fourth-order valence-electron chi connectivity index (χ4n) is 1.95. The molecule has 3 N–H and O–H groups in total. The van der Waals surface area contributed by atoms with Crippen LogP contribution in [0.25, 0.3) is 0 Å². The van der Waals surface area contributed by atoms with Crippen LogP contribution in [0.15, 0.2) is 34.9 Å². The van der Waals surface area contributed by atoms with E-state index in [4.69, 9.17) is 5.73 Å². The summed E-state index contributed by atoms with van der Waals surface area (Å²) in [5.74, 6) is -0.164. The molecule has 0 aliphatic carbocycles. The van der Waals surface area contributed by atoms with Crippen molar-refractivity contribution in [3.05, 3.63) is 57.3 Å². The molecule has 2 rings (SSSR count). The van der Waals surface area contributed by atoms with Crippen LogP contribution in [0, 0.1) is 13.8 Å². The first-order valence-corrected chi connectivity index (χ1v) is 7.03. The molecule has 0 aliphatic rings. The van der Waals surface area contributed by atoms with Gasteiger partial charge in [-0.3, -0.25) is 9.78 Å². The summed E-state index contributed by atoms with van der Waals surface area (Å²) >= 11 is 3.51. The van der Waals surface area contributed by atoms with Gasteiger partial charge in [-0.2, -0.15) is 0 Å². The lowest BCUT2D eigenvalue weighted by Gasteiger charge is -2.10. The maximum Gasteiger partial charge on any atom is 0.255 e. The molecular weight excluding hydrogens is 318 g/mol. The molecule has 4 nitrogen and oxygen atoms in total. The highest BCUT2D eigenvalue weighted by molar-refractivity contribution is 9.10. The Bertz CT molecular complexity index is 632. The van der Waals surface area contributed by atoms with E-state index in [0.29, 0.717) is 17.8 Å². The number of hydrogen-bond donors (Lipinski definition) is 2. The molecule has 2 aromatic rings. The van der Waals surface area contributed by atoms with Crippen LogP contribution >= 0.6 is 15.9 Å². The van der Waals surface area contributed by atoms with Crippen LogP contribution in [0.4, 0.5) is 5.69 Å². The molecule has 20 heavy (non-hydrogen) atoms. The van der Waals surface area contributed by atoms with Crippen molar-refractivity contribution in [2.75, 3.05) is 5.32 Å². The molecule has 1 amide bonds. The number of hydrogen-bond acceptors (Lipinski definition) is 3. The van der Waals surface area contributed by atoms with Gasteiger partial charge >= 0.3 is 0 Å². The number of amides is 1. The third-order valence-electron chi connectivity index (χ3n) is 2.98. The molecule has 5 heteroatoms. The predicted molar refractivity (Wildman–Crippen MR) is 83.7 cm³/mol. The van der Waals surface area contributed by atoms with Gasteiger partial charge < -0.3 is 11.1 Å². The van der Waals surface area contributed by atoms with E-state index in [1.165, 1.54) is 0 Å². The number of nitrogens with zero attached hydrogens (tertiary/aromatic N) is 1. The van der Waals surface area contributed by atoms with E-state index < -0.39 is 0 Å². The smallest absolute Gasteiger partial charge is 0.255 e. The van der Waals surface area contributed by atoms with E-state index in [9.17, 15) is 4.79 Å². The van der Waals surface area contributed by atoms with Crippen LogP contribution in [0.2, 0.25) is 0 Å². The Labute approximate surface area is 126 Å². The normalized spacial score (nSPS) is 10.4. The molecule has 1 aromatic carbocycles. The first-order chi connectivity index (χ1) is 9.51. The molecule has 0 aliphatic heterocycles. The van der Waals surface area contributed by atoms with E-state index in [-0.39, 0.29) is 5.91 Å². The number of halogens is 1. The fraction of sp³-hybridized carbons (Fsp3) is 0.200. The van der Waals surface area contributed by atoms with Crippen LogP contribution in [0.5, 0.6) is 0 Å². The summed E-state index contributed by atoms with van der Waals surface area (Å²) in [6.45, 7) is 4.30. The van der Waals surface area contributed by atoms with E-state index in [1.807, 2.05) is 26.0 Å². The molecule has 0 bridgehead atoms. The maximum atomic E-state index is 12.2. The number of nitrogens with two attached hydrogens (primary N) is 1. The van der Waals surface area contributed by atoms with Crippen LogP contribution < -0.4 is 11.1 Å². The van der Waals surface area contributed by atoms with Crippen LogP contribution in [0.1, 0.15) is 27.2 Å². The Kier molecular flexibility index (Phi) is 4.52. The lowest BCUT2D eigenvalue weighted by molar-refractivity contribution is 0.102. The Morgan fingerprint density at radius 2 is 1.95 bits per heavy atom. The maximum absolute atomic E-state index is 12.2. The van der Waals surface area contributed by atoms with Gasteiger partial charge in [0.2, 0.25) is 0 Å². The average Bonchev–Trinajstić information content (AvgIpc) is 2.44. The van der Waals surface area contributed by atoms with Gasteiger partial charge in [-0.15, -0.1) is 0 Å². The number of pyridine rings is 1. The van der Waals surface area contributed by atoms with Gasteiger partial charge in [0.05, 0.1) is 5.69 Å². The van der Waals surface area contributed by atoms with Gasteiger partial charge in [0.15, 0.2) is 0 Å². The molecule has 1 heterocycles. The third kappa shape index (κ3) is 3.23. The van der Waals surface area contributed by atoms with Gasteiger partial charge in [0.1, 0.15) is 0 Å². The number of rotatable bonds is 3. The second-order valence-electron chi connectivity index (χ2n) is 4.62. The minimum absolute atomic E-state index is 0.164. The number of nitrogens with one attached hydrogen (secondary N) is 1. The number of aryl methyl sites for hydroxylation is 2. The standard InChI is InChI=1S/C15H16BrN3O/c1-9-5-12(6-10(2)14(9)16)19-15(20)11-3-4-18-13(7-11)8-17/h3-7H,8,17H2,1-2H3,(H,19,20). The van der Waals surface area contributed by atoms with Gasteiger partial charge in [-0.05, 0) is 49.2 Å². The summed E-state index contributed by atoms with van der Waals surface area (Å²) in [6.07, 6.45) is 1.59. The summed E-state index contributed by atoms with van der Waals surface area (Å²) < 4.78 is 1.06. The number of carbonyl (C=O) groups excluding carboxylic acids is 1. The monoisotopic (exact) mass is 333 g/mol. The summed E-state index contributed by atoms with van der Waals surface area (Å²) in [5, 5.41) is 2.89. The number of anilines is 1. The topological polar surface area (TPSA) is 68.0 Å². The minimum Gasteiger partial charge on any atom is -0.325 e. The number of aromatic nitrogens is 1. The Hall–Kier alpha value is -1.72. The Morgan fingerprint density at radius 3 is 2.55 bits per heavy atom. The van der Waals surface area contributed by atoms with Crippen molar-refractivity contribution >= 4 is 27.5 Å². The predicted octanol–water partition coefficient (Wildman–Crippen LogP) is 3.17. The van der Waals surface area contributed by atoms with Gasteiger partial charge in [0, 0.05) is 28.5 Å². The first kappa shape index (κ1) is 14.7. The molecule has 1 aromatic heterocycles. The fourth-order valence-corrected chi connectivity index (χ4v) is 2.18. The van der Waals surface area contributed by atoms with Crippen molar-refractivity contribution in [2.45, 2.75) is 20.4 Å². The molecule has 0 radical (unpaired) electrons. The highest BCUT2D eigenvalue weighted by Crippen LogP contribution is 2.25. The zero-order valence-corrected chi connectivity index (χ0v) is 13.0. The van der Waals surface area contributed by atoms with E-state index >= 15 is 0 Å². The third-order valence-corrected chi connectivity index (χ3v) is 4.23. The molecule has 104 valence electrons. The summed E-state index contributed by atoms with van der Waals surface area (Å²) in [7, 11) is 0. The molecule has 0 fully saturated rings. The lowest BCUT2D eigenvalue weighted by Crippen LogP contribution is -2.13. The molecule has 0 unspecified atom stereocenters. The molecule has 0 spiro atoms. The minimum atomic E-state index is -0.164. The Morgan fingerprint density at radius 1 is 1.30 bits per heavy atom. The zero-order chi connectivity index (χ0) is 14.7. The van der Waals surface area contributed by atoms with Crippen LogP contribution in [-0.4, -0.2) is 10.9 Å². The SMILES string of the molecule is Cc1cc(NC(=O)c2ccnc(CN)c2)cc(C)c1Br. The molecular formula is C15H16BrN3O. The molecule has 0 saturated heterocycles. The van der Waals surface area contributed by atoms with Crippen LogP contribution in [0.3, 0.4) is 0 Å². The van der Waals surface area contributed by atoms with E-state index in [0.717, 1.165) is 21.3 Å². The number of carbonyl (C=O) groups is 1. The highest BCUT2D eigenvalue weighted by atomic mass is 79.9. The van der Waals surface area contributed by atoms with Crippen molar-refractivity contribution in [3.63, 3.8) is 0 Å². The average molecular weight is 334 g/mol. The molecule has 0 saturated carbocycles. The Balaban J connectivity index is 2.23. The van der Waals surface area contributed by atoms with Gasteiger partial charge in [-0.25, -0.2) is 0 Å². The summed E-state index contributed by atoms with van der Waals surface area (Å²) in [4.78, 5) is 16.3. The second kappa shape index (κ2) is 6.15. The highest BCUT2D eigenvalue weighted by Gasteiger charge is 2.09. The zero-order valence-electron chi connectivity index (χ0n) is 11.4. The largest absolute Gasteiger partial charge is 0.325 e. The lowest BCUT2D eigenvalue weighted by atomic mass is 10.1. The van der Waals surface area contributed by atoms with Gasteiger partial charge in [0.25, 0.3) is 5.91 Å². The number of benzene rings is 1. The quantitative estimate of drug-likeness (QED) is 0.906. The van der Waals surface area contributed by atoms with Crippen molar-refractivity contribution in [1.82, 2.24) is 4.98 Å². The van der Waals surface area contributed by atoms with Crippen molar-refractivity contribution in [1.29, 1.82) is 0 Å². The van der Waals surface area contributed by atoms with E-state index in [2.05, 4.69) is 26.2 Å². The van der Waals surface area contributed by atoms with Crippen molar-refractivity contribution in [2.24, 2.45) is 5.73 Å². The second-order valence-corrected chi connectivity index (χ2v) is 5.41. The van der Waals surface area contributed by atoms with Crippen molar-refractivity contribution in [3.8, 4) is 0 Å². The first-order valence-electron chi connectivity index (χ1n) is 6.24. The summed E-state index contributed by atoms with van der Waals surface area (Å²) in [5.41, 5.74) is 9.72. The van der Waals surface area contributed by atoms with Crippen molar-refractivity contribution < 1.29 is 4.79 Å².